The van der Waals surface area contributed by atoms with Gasteiger partial charge in [-0.15, -0.1) is 0 Å². The molecule has 1 heterocycles. The van der Waals surface area contributed by atoms with Gasteiger partial charge in [-0.25, -0.2) is 4.39 Å². The van der Waals surface area contributed by atoms with E-state index in [1.807, 2.05) is 12.1 Å². The minimum absolute atomic E-state index is 0.0343. The molecule has 1 aromatic carbocycles. The van der Waals surface area contributed by atoms with Gasteiger partial charge >= 0.3 is 0 Å². The second-order valence-electron chi connectivity index (χ2n) is 5.44. The van der Waals surface area contributed by atoms with Gasteiger partial charge in [0.15, 0.2) is 0 Å². The largest absolute Gasteiger partial charge is 0.314 e. The summed E-state index contributed by atoms with van der Waals surface area (Å²) in [5.74, 6) is 0.618. The zero-order valence-corrected chi connectivity index (χ0v) is 10.7. The number of piperazine rings is 1. The van der Waals surface area contributed by atoms with Crippen molar-refractivity contribution in [1.29, 1.82) is 0 Å². The monoisotopic (exact) mass is 248 g/mol. The van der Waals surface area contributed by atoms with Gasteiger partial charge < -0.3 is 5.32 Å². The minimum Gasteiger partial charge on any atom is -0.314 e. The quantitative estimate of drug-likeness (QED) is 0.884. The van der Waals surface area contributed by atoms with Crippen LogP contribution in [0.25, 0.3) is 0 Å². The van der Waals surface area contributed by atoms with Crippen molar-refractivity contribution in [2.75, 3.05) is 26.2 Å². The van der Waals surface area contributed by atoms with Crippen molar-refractivity contribution in [2.45, 2.75) is 25.3 Å². The van der Waals surface area contributed by atoms with E-state index in [9.17, 15) is 4.39 Å². The molecule has 0 bridgehead atoms. The van der Waals surface area contributed by atoms with Crippen LogP contribution in [0.1, 0.15) is 30.9 Å². The number of halogens is 1. The molecule has 0 spiro atoms. The fourth-order valence-electron chi connectivity index (χ4n) is 3.18. The molecule has 1 aromatic rings. The number of nitrogens with one attached hydrogen (secondary N) is 1. The summed E-state index contributed by atoms with van der Waals surface area (Å²) in [6.45, 7) is 4.13. The Bertz CT molecular complexity index is 397. The van der Waals surface area contributed by atoms with Crippen LogP contribution >= 0.6 is 0 Å². The number of hydrogen-bond acceptors (Lipinski definition) is 2. The van der Waals surface area contributed by atoms with E-state index in [4.69, 9.17) is 0 Å². The molecule has 0 unspecified atom stereocenters. The molecule has 0 aromatic heterocycles. The fraction of sp³-hybridized carbons (Fsp3) is 0.600. The standard InChI is InChI=1S/C15H21FN2/c16-14-7-2-1-6-13(14)15(12-4-3-5-12)18-10-8-17-9-11-18/h1-2,6-7,12,15,17H,3-5,8-11H2/t15-/m1/s1. The van der Waals surface area contributed by atoms with Crippen molar-refractivity contribution >= 4 is 0 Å². The molecular formula is C15H21FN2. The number of benzene rings is 1. The van der Waals surface area contributed by atoms with Crippen molar-refractivity contribution in [3.63, 3.8) is 0 Å². The highest BCUT2D eigenvalue weighted by Gasteiger charge is 2.34. The summed E-state index contributed by atoms with van der Waals surface area (Å²) in [7, 11) is 0. The van der Waals surface area contributed by atoms with E-state index in [2.05, 4.69) is 10.2 Å². The molecule has 18 heavy (non-hydrogen) atoms. The third kappa shape index (κ3) is 2.29. The summed E-state index contributed by atoms with van der Waals surface area (Å²) >= 11 is 0. The number of rotatable bonds is 3. The van der Waals surface area contributed by atoms with Gasteiger partial charge in [-0.3, -0.25) is 4.90 Å². The summed E-state index contributed by atoms with van der Waals surface area (Å²) in [4.78, 5) is 2.47. The number of hydrogen-bond donors (Lipinski definition) is 1. The Balaban J connectivity index is 1.87. The minimum atomic E-state index is -0.0343. The maximum absolute atomic E-state index is 14.1. The van der Waals surface area contributed by atoms with Gasteiger partial charge in [0.25, 0.3) is 0 Å². The van der Waals surface area contributed by atoms with E-state index in [1.54, 1.807) is 12.1 Å². The third-order valence-corrected chi connectivity index (χ3v) is 4.37. The maximum Gasteiger partial charge on any atom is 0.127 e. The Morgan fingerprint density at radius 1 is 1.17 bits per heavy atom. The highest BCUT2D eigenvalue weighted by atomic mass is 19.1. The predicted molar refractivity (Wildman–Crippen MR) is 70.9 cm³/mol. The van der Waals surface area contributed by atoms with Crippen LogP contribution in [0.3, 0.4) is 0 Å². The second-order valence-corrected chi connectivity index (χ2v) is 5.44. The zero-order valence-electron chi connectivity index (χ0n) is 10.7. The van der Waals surface area contributed by atoms with Crippen LogP contribution in [-0.2, 0) is 0 Å². The van der Waals surface area contributed by atoms with E-state index in [0.29, 0.717) is 12.0 Å². The Kier molecular flexibility index (Phi) is 3.62. The summed E-state index contributed by atoms with van der Waals surface area (Å²) in [5.41, 5.74) is 0.907. The fourth-order valence-corrected chi connectivity index (χ4v) is 3.18. The van der Waals surface area contributed by atoms with Crippen molar-refractivity contribution in [2.24, 2.45) is 5.92 Å². The van der Waals surface area contributed by atoms with Crippen LogP contribution in [0.2, 0.25) is 0 Å². The third-order valence-electron chi connectivity index (χ3n) is 4.37. The van der Waals surface area contributed by atoms with Crippen LogP contribution in [0.4, 0.5) is 4.39 Å². The van der Waals surface area contributed by atoms with Gasteiger partial charge in [0.05, 0.1) is 0 Å². The first-order valence-corrected chi connectivity index (χ1v) is 7.05. The van der Waals surface area contributed by atoms with Gasteiger partial charge in [0.2, 0.25) is 0 Å². The van der Waals surface area contributed by atoms with Gasteiger partial charge in [-0.1, -0.05) is 24.6 Å². The van der Waals surface area contributed by atoms with Crippen LogP contribution in [-0.4, -0.2) is 31.1 Å². The highest BCUT2D eigenvalue weighted by molar-refractivity contribution is 5.23. The first-order valence-electron chi connectivity index (χ1n) is 7.05. The van der Waals surface area contributed by atoms with Gasteiger partial charge in [0, 0.05) is 37.8 Å². The number of nitrogens with zero attached hydrogens (tertiary/aromatic N) is 1. The Labute approximate surface area is 108 Å². The smallest absolute Gasteiger partial charge is 0.127 e. The van der Waals surface area contributed by atoms with Crippen molar-refractivity contribution in [3.8, 4) is 0 Å². The molecule has 1 N–H and O–H groups in total. The predicted octanol–water partition coefficient (Wildman–Crippen LogP) is 2.57. The van der Waals surface area contributed by atoms with Gasteiger partial charge in [-0.2, -0.15) is 0 Å². The van der Waals surface area contributed by atoms with Gasteiger partial charge in [0.1, 0.15) is 5.82 Å². The Hall–Kier alpha value is -0.930. The molecule has 1 atom stereocenters. The first kappa shape index (κ1) is 12.1. The molecule has 1 saturated carbocycles. The maximum atomic E-state index is 14.1. The molecule has 1 aliphatic heterocycles. The highest BCUT2D eigenvalue weighted by Crippen LogP contribution is 2.42. The SMILES string of the molecule is Fc1ccccc1[C@@H](C1CCC1)N1CCNCC1. The summed E-state index contributed by atoms with van der Waals surface area (Å²) in [6.07, 6.45) is 3.81. The van der Waals surface area contributed by atoms with Crippen LogP contribution in [0, 0.1) is 11.7 Å². The lowest BCUT2D eigenvalue weighted by Gasteiger charge is -2.43. The molecule has 0 amide bonds. The summed E-state index contributed by atoms with van der Waals surface area (Å²) in [5, 5.41) is 3.38. The zero-order chi connectivity index (χ0) is 12.4. The molecule has 2 nitrogen and oxygen atoms in total. The Morgan fingerprint density at radius 2 is 1.89 bits per heavy atom. The van der Waals surface area contributed by atoms with E-state index in [-0.39, 0.29) is 5.82 Å². The van der Waals surface area contributed by atoms with Crippen LogP contribution < -0.4 is 5.32 Å². The lowest BCUT2D eigenvalue weighted by Crippen LogP contribution is -2.48. The first-order chi connectivity index (χ1) is 8.86. The van der Waals surface area contributed by atoms with Crippen molar-refractivity contribution in [3.05, 3.63) is 35.6 Å². The normalized spacial score (nSPS) is 23.6. The van der Waals surface area contributed by atoms with E-state index >= 15 is 0 Å². The average molecular weight is 248 g/mol. The summed E-state index contributed by atoms with van der Waals surface area (Å²) in [6, 6.07) is 7.62. The molecule has 3 heteroatoms. The van der Waals surface area contributed by atoms with E-state index in [1.165, 1.54) is 19.3 Å². The molecule has 1 aliphatic carbocycles. The molecular weight excluding hydrogens is 227 g/mol. The molecule has 98 valence electrons. The average Bonchev–Trinajstić information content (AvgIpc) is 2.36. The topological polar surface area (TPSA) is 15.3 Å². The van der Waals surface area contributed by atoms with E-state index in [0.717, 1.165) is 31.7 Å². The molecule has 1 saturated heterocycles. The van der Waals surface area contributed by atoms with Crippen LogP contribution in [0.5, 0.6) is 0 Å². The molecule has 0 radical (unpaired) electrons. The molecule has 3 rings (SSSR count). The lowest BCUT2D eigenvalue weighted by atomic mass is 9.76. The Morgan fingerprint density at radius 3 is 2.50 bits per heavy atom. The second kappa shape index (κ2) is 5.37. The molecule has 2 fully saturated rings. The summed E-state index contributed by atoms with van der Waals surface area (Å²) < 4.78 is 14.1. The molecule has 2 aliphatic rings. The lowest BCUT2D eigenvalue weighted by molar-refractivity contribution is 0.0812. The van der Waals surface area contributed by atoms with Crippen molar-refractivity contribution in [1.82, 2.24) is 10.2 Å². The van der Waals surface area contributed by atoms with Gasteiger partial charge in [-0.05, 0) is 24.8 Å². The van der Waals surface area contributed by atoms with Crippen LogP contribution in [0.15, 0.2) is 24.3 Å². The van der Waals surface area contributed by atoms with Crippen molar-refractivity contribution < 1.29 is 4.39 Å². The van der Waals surface area contributed by atoms with E-state index < -0.39 is 0 Å².